The van der Waals surface area contributed by atoms with Gasteiger partial charge in [0.25, 0.3) is 11.8 Å². The quantitative estimate of drug-likeness (QED) is 0.312. The third-order valence-electron chi connectivity index (χ3n) is 7.78. The Morgan fingerprint density at radius 3 is 2.39 bits per heavy atom. The Morgan fingerprint density at radius 1 is 1.13 bits per heavy atom. The number of phenols is 1. The molecule has 2 saturated heterocycles. The highest BCUT2D eigenvalue weighted by atomic mass is 35.5. The first-order chi connectivity index (χ1) is 17.5. The first kappa shape index (κ1) is 26.3. The number of ether oxygens (including phenoxy) is 1. The van der Waals surface area contributed by atoms with E-state index in [0.29, 0.717) is 9.80 Å². The molecular formula is C23H18Cl2F3N3O7. The molecular weight excluding hydrogens is 558 g/mol. The molecule has 5 rings (SSSR count). The summed E-state index contributed by atoms with van der Waals surface area (Å²) < 4.78 is 42.9. The fourth-order valence-corrected chi connectivity index (χ4v) is 7.28. The molecule has 3 N–H and O–H groups in total. The number of rotatable bonds is 2. The molecule has 6 unspecified atom stereocenters. The zero-order valence-electron chi connectivity index (χ0n) is 19.3. The van der Waals surface area contributed by atoms with Crippen molar-refractivity contribution in [3.63, 3.8) is 0 Å². The van der Waals surface area contributed by atoms with E-state index in [9.17, 15) is 42.3 Å². The minimum absolute atomic E-state index is 0.110. The van der Waals surface area contributed by atoms with Gasteiger partial charge >= 0.3 is 12.4 Å². The lowest BCUT2D eigenvalue weighted by Gasteiger charge is -2.50. The van der Waals surface area contributed by atoms with Crippen LogP contribution in [-0.4, -0.2) is 67.7 Å². The van der Waals surface area contributed by atoms with E-state index in [1.165, 1.54) is 6.08 Å². The van der Waals surface area contributed by atoms with Gasteiger partial charge in [0.15, 0.2) is 9.75 Å². The number of fused-ring (bicyclic) bond motifs is 4. The average molecular weight is 576 g/mol. The monoisotopic (exact) mass is 575 g/mol. The summed E-state index contributed by atoms with van der Waals surface area (Å²) in [5, 5.41) is 10.7. The standard InChI is InChI=1S/C23H18Cl2F3N3O7/c1-30-18(35)21(24)7-12-9(3-4-10-14(12)17(34)31(16(10)33)20(29)37)15(22(21,25)19(30)36)11-6-8(2-5-13(11)32)38-23(26,27)28/h2-3,5-6,10,12,14-15,32H,4,7H2,1H3,(H2,29,37). The number of hydrogen-bond donors (Lipinski definition) is 2. The van der Waals surface area contributed by atoms with Crippen molar-refractivity contribution in [2.24, 2.45) is 23.5 Å². The number of urea groups is 1. The Kier molecular flexibility index (Phi) is 5.60. The van der Waals surface area contributed by atoms with Gasteiger partial charge in [0.1, 0.15) is 11.5 Å². The summed E-state index contributed by atoms with van der Waals surface area (Å²) in [7, 11) is 1.12. The maximum absolute atomic E-state index is 13.4. The number of halogens is 5. The lowest BCUT2D eigenvalue weighted by atomic mass is 9.56. The molecule has 6 atom stereocenters. The summed E-state index contributed by atoms with van der Waals surface area (Å²) >= 11 is 13.7. The molecule has 0 aromatic heterocycles. The predicted octanol–water partition coefficient (Wildman–Crippen LogP) is 2.36. The van der Waals surface area contributed by atoms with Gasteiger partial charge in [-0.05, 0) is 37.0 Å². The van der Waals surface area contributed by atoms with Crippen molar-refractivity contribution in [1.82, 2.24) is 9.80 Å². The van der Waals surface area contributed by atoms with Gasteiger partial charge in [0.05, 0.1) is 11.8 Å². The van der Waals surface area contributed by atoms with Crippen LogP contribution in [0.4, 0.5) is 18.0 Å². The van der Waals surface area contributed by atoms with Crippen LogP contribution in [0.25, 0.3) is 0 Å². The summed E-state index contributed by atoms with van der Waals surface area (Å²) in [6.45, 7) is 0. The molecule has 1 saturated carbocycles. The molecule has 2 aliphatic carbocycles. The predicted molar refractivity (Wildman–Crippen MR) is 122 cm³/mol. The minimum atomic E-state index is -5.09. The van der Waals surface area contributed by atoms with Crippen molar-refractivity contribution in [2.75, 3.05) is 7.05 Å². The van der Waals surface area contributed by atoms with E-state index in [0.717, 1.165) is 25.2 Å². The van der Waals surface area contributed by atoms with E-state index in [-0.39, 0.29) is 17.6 Å². The van der Waals surface area contributed by atoms with E-state index in [1.54, 1.807) is 0 Å². The molecule has 15 heteroatoms. The normalized spacial score (nSPS) is 34.6. The number of nitrogens with zero attached hydrogens (tertiary/aromatic N) is 2. The molecule has 0 radical (unpaired) electrons. The number of likely N-dealkylation sites (tertiary alicyclic amines) is 2. The number of allylic oxidation sites excluding steroid dienone is 2. The first-order valence-electron chi connectivity index (χ1n) is 11.2. The van der Waals surface area contributed by atoms with E-state index >= 15 is 0 Å². The second-order valence-corrected chi connectivity index (χ2v) is 10.9. The Bertz CT molecular complexity index is 1370. The van der Waals surface area contributed by atoms with Crippen LogP contribution in [-0.2, 0) is 19.2 Å². The Labute approximate surface area is 222 Å². The highest BCUT2D eigenvalue weighted by molar-refractivity contribution is 6.53. The zero-order chi connectivity index (χ0) is 28.1. The van der Waals surface area contributed by atoms with Crippen molar-refractivity contribution in [2.45, 2.75) is 34.9 Å². The molecule has 1 aromatic carbocycles. The van der Waals surface area contributed by atoms with Crippen LogP contribution in [0.3, 0.4) is 0 Å². The summed E-state index contributed by atoms with van der Waals surface area (Å²) in [6, 6.07) is 1.26. The van der Waals surface area contributed by atoms with Gasteiger partial charge in [-0.2, -0.15) is 4.90 Å². The van der Waals surface area contributed by atoms with Gasteiger partial charge in [-0.1, -0.05) is 11.6 Å². The van der Waals surface area contributed by atoms with Crippen LogP contribution in [0.1, 0.15) is 24.3 Å². The Balaban J connectivity index is 1.74. The molecule has 6 amide bonds. The lowest BCUT2D eigenvalue weighted by Crippen LogP contribution is -2.60. The number of aromatic hydroxyl groups is 1. The third-order valence-corrected chi connectivity index (χ3v) is 9.19. The smallest absolute Gasteiger partial charge is 0.508 e. The molecule has 202 valence electrons. The minimum Gasteiger partial charge on any atom is -0.508 e. The molecule has 0 spiro atoms. The van der Waals surface area contributed by atoms with Gasteiger partial charge in [-0.3, -0.25) is 24.1 Å². The summed E-state index contributed by atoms with van der Waals surface area (Å²) in [4.78, 5) is 61.0. The molecule has 1 aromatic rings. The highest BCUT2D eigenvalue weighted by Crippen LogP contribution is 2.66. The first-order valence-corrected chi connectivity index (χ1v) is 12.0. The number of amides is 6. The number of phenolic OH excluding ortho intramolecular Hbond substituents is 1. The van der Waals surface area contributed by atoms with Crippen LogP contribution in [0, 0.1) is 17.8 Å². The molecule has 4 aliphatic rings. The second-order valence-electron chi connectivity index (χ2n) is 9.62. The number of nitrogens with two attached hydrogens (primary N) is 1. The van der Waals surface area contributed by atoms with Gasteiger partial charge in [-0.15, -0.1) is 36.4 Å². The number of alkyl halides is 5. The highest BCUT2D eigenvalue weighted by Gasteiger charge is 2.76. The topological polar surface area (TPSA) is 147 Å². The Hall–Kier alpha value is -3.32. The van der Waals surface area contributed by atoms with Crippen molar-refractivity contribution >= 4 is 52.9 Å². The van der Waals surface area contributed by atoms with Gasteiger partial charge in [0.2, 0.25) is 11.8 Å². The number of benzene rings is 1. The van der Waals surface area contributed by atoms with Crippen molar-refractivity contribution in [3.05, 3.63) is 35.4 Å². The van der Waals surface area contributed by atoms with Gasteiger partial charge < -0.3 is 15.6 Å². The van der Waals surface area contributed by atoms with Crippen LogP contribution in [0.2, 0.25) is 0 Å². The molecule has 2 aliphatic heterocycles. The maximum atomic E-state index is 13.4. The molecule has 38 heavy (non-hydrogen) atoms. The Morgan fingerprint density at radius 2 is 1.79 bits per heavy atom. The molecule has 10 nitrogen and oxygen atoms in total. The van der Waals surface area contributed by atoms with Crippen molar-refractivity contribution in [1.29, 1.82) is 0 Å². The molecule has 0 bridgehead atoms. The molecule has 3 fully saturated rings. The van der Waals surface area contributed by atoms with Crippen molar-refractivity contribution < 1.29 is 47.0 Å². The molecule has 2 heterocycles. The fraction of sp³-hybridized carbons (Fsp3) is 0.435. The van der Waals surface area contributed by atoms with Crippen LogP contribution in [0.5, 0.6) is 11.5 Å². The van der Waals surface area contributed by atoms with Gasteiger partial charge in [-0.25, -0.2) is 4.79 Å². The summed E-state index contributed by atoms with van der Waals surface area (Å²) in [5.41, 5.74) is 5.11. The fourth-order valence-electron chi connectivity index (χ4n) is 6.27. The SMILES string of the molecule is CN1C(=O)C2(Cl)CC3C(=CCC4C(=O)N(C(N)=O)C(=O)C43)C(c3cc(OC(F)(F)F)ccc3O)C2(Cl)C1=O. The number of imide groups is 4. The van der Waals surface area contributed by atoms with Crippen molar-refractivity contribution in [3.8, 4) is 11.5 Å². The number of carbonyl (C=O) groups excluding carboxylic acids is 5. The summed E-state index contributed by atoms with van der Waals surface area (Å²) in [6.07, 6.45) is -4.15. The lowest BCUT2D eigenvalue weighted by molar-refractivity contribution is -0.274. The second kappa shape index (κ2) is 8.09. The largest absolute Gasteiger partial charge is 0.573 e. The van der Waals surface area contributed by atoms with E-state index in [4.69, 9.17) is 28.9 Å². The van der Waals surface area contributed by atoms with Crippen LogP contribution >= 0.6 is 23.2 Å². The van der Waals surface area contributed by atoms with Crippen LogP contribution < -0.4 is 10.5 Å². The average Bonchev–Trinajstić information content (AvgIpc) is 3.15. The van der Waals surface area contributed by atoms with E-state index < -0.39 is 87.4 Å². The van der Waals surface area contributed by atoms with Crippen LogP contribution in [0.15, 0.2) is 29.8 Å². The number of primary amides is 1. The van der Waals surface area contributed by atoms with E-state index in [2.05, 4.69) is 4.74 Å². The zero-order valence-corrected chi connectivity index (χ0v) is 20.8. The number of carbonyl (C=O) groups is 5. The maximum Gasteiger partial charge on any atom is 0.573 e. The third kappa shape index (κ3) is 3.30. The number of hydrogen-bond acceptors (Lipinski definition) is 7. The summed E-state index contributed by atoms with van der Waals surface area (Å²) in [5.74, 6) is -9.87. The van der Waals surface area contributed by atoms with E-state index in [1.807, 2.05) is 0 Å². The van der Waals surface area contributed by atoms with Gasteiger partial charge in [0, 0.05) is 18.5 Å².